The Morgan fingerprint density at radius 1 is 1.11 bits per heavy atom. The molecular formula is C30H30N4O2. The van der Waals surface area contributed by atoms with Gasteiger partial charge in [-0.3, -0.25) is 9.69 Å². The molecule has 2 aromatic carbocycles. The van der Waals surface area contributed by atoms with Crippen molar-refractivity contribution in [3.05, 3.63) is 101 Å². The van der Waals surface area contributed by atoms with Crippen molar-refractivity contribution in [2.75, 3.05) is 10.2 Å². The van der Waals surface area contributed by atoms with Crippen LogP contribution in [0.3, 0.4) is 0 Å². The van der Waals surface area contributed by atoms with E-state index in [0.717, 1.165) is 41.7 Å². The molecule has 2 aliphatic carbocycles. The van der Waals surface area contributed by atoms with Gasteiger partial charge in [0.25, 0.3) is 0 Å². The molecule has 6 rings (SSSR count). The Labute approximate surface area is 211 Å². The zero-order chi connectivity index (χ0) is 24.7. The number of hydrogen-bond acceptors (Lipinski definition) is 5. The third-order valence-electron chi connectivity index (χ3n) is 7.44. The van der Waals surface area contributed by atoms with Crippen molar-refractivity contribution in [2.45, 2.75) is 57.2 Å². The molecule has 1 unspecified atom stereocenters. The Hall–Kier alpha value is -3.93. The summed E-state index contributed by atoms with van der Waals surface area (Å²) in [5.74, 6) is 2.14. The van der Waals surface area contributed by atoms with Gasteiger partial charge in [-0.15, -0.1) is 0 Å². The zero-order valence-electron chi connectivity index (χ0n) is 20.6. The first-order valence-corrected chi connectivity index (χ1v) is 12.6. The Morgan fingerprint density at radius 3 is 2.78 bits per heavy atom. The highest BCUT2D eigenvalue weighted by Crippen LogP contribution is 2.50. The molecule has 0 spiro atoms. The van der Waals surface area contributed by atoms with Gasteiger partial charge in [0.05, 0.1) is 17.5 Å². The third-order valence-corrected chi connectivity index (χ3v) is 7.44. The van der Waals surface area contributed by atoms with Crippen LogP contribution in [0.4, 0.5) is 11.8 Å². The molecule has 1 aromatic heterocycles. The second-order valence-electron chi connectivity index (χ2n) is 10.2. The summed E-state index contributed by atoms with van der Waals surface area (Å²) in [6, 6.07) is 16.4. The number of ether oxygens (including phenoxy) is 1. The Balaban J connectivity index is 1.34. The van der Waals surface area contributed by atoms with E-state index in [1.165, 1.54) is 5.56 Å². The van der Waals surface area contributed by atoms with E-state index in [2.05, 4.69) is 40.7 Å². The highest BCUT2D eigenvalue weighted by Gasteiger charge is 2.50. The molecule has 6 heteroatoms. The lowest BCUT2D eigenvalue weighted by molar-refractivity contribution is -0.122. The van der Waals surface area contributed by atoms with Crippen molar-refractivity contribution in [2.24, 2.45) is 0 Å². The van der Waals surface area contributed by atoms with Crippen molar-refractivity contribution in [3.63, 3.8) is 0 Å². The number of rotatable bonds is 6. The van der Waals surface area contributed by atoms with E-state index in [-0.39, 0.29) is 18.0 Å². The predicted octanol–water partition coefficient (Wildman–Crippen LogP) is 5.66. The largest absolute Gasteiger partial charge is 0.489 e. The van der Waals surface area contributed by atoms with Crippen LogP contribution in [0, 0.1) is 0 Å². The number of allylic oxidation sites excluding steroid dienone is 2. The summed E-state index contributed by atoms with van der Waals surface area (Å²) in [4.78, 5) is 25.2. The molecule has 6 nitrogen and oxygen atoms in total. The highest BCUT2D eigenvalue weighted by atomic mass is 16.5. The van der Waals surface area contributed by atoms with Gasteiger partial charge >= 0.3 is 0 Å². The number of hydrogen-bond donors (Lipinski definition) is 1. The molecule has 0 saturated carbocycles. The van der Waals surface area contributed by atoms with Gasteiger partial charge in [-0.2, -0.15) is 4.98 Å². The fourth-order valence-corrected chi connectivity index (χ4v) is 5.46. The van der Waals surface area contributed by atoms with Gasteiger partial charge in [-0.25, -0.2) is 4.98 Å². The fourth-order valence-electron chi connectivity index (χ4n) is 5.46. The second kappa shape index (κ2) is 8.94. The first-order chi connectivity index (χ1) is 17.5. The fraction of sp³-hybridized carbons (Fsp3) is 0.300. The van der Waals surface area contributed by atoms with E-state index in [0.29, 0.717) is 18.4 Å². The minimum Gasteiger partial charge on any atom is -0.489 e. The van der Waals surface area contributed by atoms with E-state index >= 15 is 0 Å². The molecular weight excluding hydrogens is 448 g/mol. The maximum Gasteiger partial charge on any atom is 0.239 e. The number of carbonyl (C=O) groups is 1. The molecule has 1 N–H and O–H groups in total. The van der Waals surface area contributed by atoms with Gasteiger partial charge in [0, 0.05) is 17.3 Å². The molecule has 0 bridgehead atoms. The Kier molecular flexibility index (Phi) is 5.59. The van der Waals surface area contributed by atoms with E-state index in [9.17, 15) is 4.79 Å². The molecule has 3 aliphatic rings. The quantitative estimate of drug-likeness (QED) is 0.495. The van der Waals surface area contributed by atoms with Gasteiger partial charge in [-0.1, -0.05) is 66.8 Å². The Morgan fingerprint density at radius 2 is 1.97 bits per heavy atom. The van der Waals surface area contributed by atoms with Crippen LogP contribution in [0.5, 0.6) is 5.75 Å². The van der Waals surface area contributed by atoms with Gasteiger partial charge in [-0.05, 0) is 50.3 Å². The van der Waals surface area contributed by atoms with Gasteiger partial charge in [0.2, 0.25) is 11.9 Å². The number of amides is 1. The van der Waals surface area contributed by atoms with Crippen LogP contribution < -0.4 is 15.0 Å². The molecule has 3 aromatic rings. The molecule has 2 heterocycles. The number of aryl methyl sites for hydroxylation is 1. The van der Waals surface area contributed by atoms with Crippen LogP contribution in [-0.2, 0) is 23.2 Å². The van der Waals surface area contributed by atoms with Crippen molar-refractivity contribution in [1.82, 2.24) is 9.97 Å². The molecule has 2 atom stereocenters. The SMILES string of the molecule is CC1(C)C(=O)N(C2CCc3cccc(OCc4ccccc4)c32)c2nc(N[C@H]3C=CC=CC3)ncc21. The zero-order valence-corrected chi connectivity index (χ0v) is 20.6. The first-order valence-electron chi connectivity index (χ1n) is 12.6. The summed E-state index contributed by atoms with van der Waals surface area (Å²) in [6.45, 7) is 4.42. The number of nitrogens with zero attached hydrogens (tertiary/aromatic N) is 3. The number of benzene rings is 2. The van der Waals surface area contributed by atoms with Crippen LogP contribution in [-0.4, -0.2) is 21.9 Å². The van der Waals surface area contributed by atoms with Crippen LogP contribution in [0.15, 0.2) is 79.0 Å². The number of aromatic nitrogens is 2. The second-order valence-corrected chi connectivity index (χ2v) is 10.2. The van der Waals surface area contributed by atoms with E-state index < -0.39 is 5.41 Å². The lowest BCUT2D eigenvalue weighted by Crippen LogP contribution is -2.38. The minimum absolute atomic E-state index is 0.0557. The maximum absolute atomic E-state index is 13.8. The molecule has 0 saturated heterocycles. The van der Waals surface area contributed by atoms with Crippen LogP contribution in [0.1, 0.15) is 55.0 Å². The summed E-state index contributed by atoms with van der Waals surface area (Å²) >= 11 is 0. The number of nitrogens with one attached hydrogen (secondary N) is 1. The summed E-state index contributed by atoms with van der Waals surface area (Å²) in [6.07, 6.45) is 12.7. The molecule has 1 aliphatic heterocycles. The molecule has 182 valence electrons. The molecule has 1 amide bonds. The average Bonchev–Trinajstić information content (AvgIpc) is 3.40. The summed E-state index contributed by atoms with van der Waals surface area (Å²) in [7, 11) is 0. The topological polar surface area (TPSA) is 67.4 Å². The van der Waals surface area contributed by atoms with Crippen LogP contribution in [0.25, 0.3) is 0 Å². The molecule has 36 heavy (non-hydrogen) atoms. The van der Waals surface area contributed by atoms with Gasteiger partial charge < -0.3 is 10.1 Å². The van der Waals surface area contributed by atoms with Crippen molar-refractivity contribution < 1.29 is 9.53 Å². The maximum atomic E-state index is 13.8. The Bertz CT molecular complexity index is 1360. The standard InChI is InChI=1S/C30H30N4O2/c1-30(2)23-18-31-29(32-22-13-7-4-8-14-22)33-27(23)34(28(30)35)24-17-16-21-12-9-15-25(26(21)24)36-19-20-10-5-3-6-11-20/h3-13,15,18,22,24H,14,16-17,19H2,1-2H3,(H,31,32,33)/t22-,24?/m0/s1. The van der Waals surface area contributed by atoms with Crippen LogP contribution in [0.2, 0.25) is 0 Å². The van der Waals surface area contributed by atoms with Gasteiger partial charge in [0.1, 0.15) is 18.2 Å². The number of fused-ring (bicyclic) bond motifs is 2. The van der Waals surface area contributed by atoms with Crippen molar-refractivity contribution >= 4 is 17.7 Å². The van der Waals surface area contributed by atoms with Crippen molar-refractivity contribution in [3.8, 4) is 5.75 Å². The van der Waals surface area contributed by atoms with Crippen molar-refractivity contribution in [1.29, 1.82) is 0 Å². The smallest absolute Gasteiger partial charge is 0.239 e. The molecule has 0 fully saturated rings. The number of anilines is 2. The third kappa shape index (κ3) is 3.87. The number of carbonyl (C=O) groups excluding carboxylic acids is 1. The summed E-state index contributed by atoms with van der Waals surface area (Å²) in [5.41, 5.74) is 3.62. The molecule has 0 radical (unpaired) electrons. The van der Waals surface area contributed by atoms with E-state index in [1.54, 1.807) is 0 Å². The van der Waals surface area contributed by atoms with E-state index in [1.807, 2.05) is 67.4 Å². The average molecular weight is 479 g/mol. The van der Waals surface area contributed by atoms with Crippen LogP contribution >= 0.6 is 0 Å². The van der Waals surface area contributed by atoms with E-state index in [4.69, 9.17) is 9.72 Å². The first kappa shape index (κ1) is 22.5. The lowest BCUT2D eigenvalue weighted by Gasteiger charge is -2.28. The predicted molar refractivity (Wildman–Crippen MR) is 141 cm³/mol. The normalized spacial score (nSPS) is 21.4. The highest BCUT2D eigenvalue weighted by molar-refractivity contribution is 6.07. The van der Waals surface area contributed by atoms with Gasteiger partial charge in [0.15, 0.2) is 0 Å². The monoisotopic (exact) mass is 478 g/mol. The lowest BCUT2D eigenvalue weighted by atomic mass is 9.88. The minimum atomic E-state index is -0.691. The summed E-state index contributed by atoms with van der Waals surface area (Å²) in [5, 5.41) is 3.41. The summed E-state index contributed by atoms with van der Waals surface area (Å²) < 4.78 is 6.33.